The minimum Gasteiger partial charge on any atom is -0.495 e. The molecule has 0 saturated carbocycles. The number of benzene rings is 2. The standard InChI is InChI=1S/C18H13BrCl2N2O2/c1-10-15(8-11-7-13(20)9-16(21)17(11)25-2)18(24)23(22-10)14-5-3-12(19)4-6-14/h3-9H,1-2H3/b15-8+. The van der Waals surface area contributed by atoms with Gasteiger partial charge in [0.1, 0.15) is 5.75 Å². The van der Waals surface area contributed by atoms with Gasteiger partial charge in [0, 0.05) is 15.1 Å². The Morgan fingerprint density at radius 1 is 1.20 bits per heavy atom. The van der Waals surface area contributed by atoms with Crippen LogP contribution in [-0.2, 0) is 4.79 Å². The molecule has 1 heterocycles. The molecule has 0 fully saturated rings. The minimum absolute atomic E-state index is 0.224. The first-order valence-electron chi connectivity index (χ1n) is 7.31. The SMILES string of the molecule is COc1c(Cl)cc(Cl)cc1/C=C1/C(=O)N(c2ccc(Br)cc2)N=C1C. The van der Waals surface area contributed by atoms with Gasteiger partial charge in [-0.25, -0.2) is 0 Å². The molecular formula is C18H13BrCl2N2O2. The highest BCUT2D eigenvalue weighted by atomic mass is 79.9. The Hall–Kier alpha value is -1.82. The number of carbonyl (C=O) groups excluding carboxylic acids is 1. The molecule has 0 radical (unpaired) electrons. The van der Waals surface area contributed by atoms with E-state index in [9.17, 15) is 4.79 Å². The highest BCUT2D eigenvalue weighted by Crippen LogP contribution is 2.35. The summed E-state index contributed by atoms with van der Waals surface area (Å²) in [4.78, 5) is 12.8. The van der Waals surface area contributed by atoms with Gasteiger partial charge < -0.3 is 4.74 Å². The van der Waals surface area contributed by atoms with Crippen molar-refractivity contribution in [3.05, 3.63) is 62.1 Å². The van der Waals surface area contributed by atoms with E-state index in [4.69, 9.17) is 27.9 Å². The fourth-order valence-corrected chi connectivity index (χ4v) is 3.35. The Kier molecular flexibility index (Phi) is 5.18. The third-order valence-corrected chi connectivity index (χ3v) is 4.70. The molecule has 7 heteroatoms. The van der Waals surface area contributed by atoms with Crippen molar-refractivity contribution in [2.24, 2.45) is 5.10 Å². The molecule has 1 aliphatic heterocycles. The second-order valence-electron chi connectivity index (χ2n) is 5.35. The van der Waals surface area contributed by atoms with Gasteiger partial charge in [-0.3, -0.25) is 4.79 Å². The van der Waals surface area contributed by atoms with Gasteiger partial charge >= 0.3 is 0 Å². The van der Waals surface area contributed by atoms with Gasteiger partial charge in [0.25, 0.3) is 5.91 Å². The number of hydrogen-bond donors (Lipinski definition) is 0. The number of hydrogen-bond acceptors (Lipinski definition) is 3. The second-order valence-corrected chi connectivity index (χ2v) is 7.11. The third-order valence-electron chi connectivity index (χ3n) is 3.67. The zero-order valence-corrected chi connectivity index (χ0v) is 16.5. The summed E-state index contributed by atoms with van der Waals surface area (Å²) in [5.74, 6) is 0.235. The Bertz CT molecular complexity index is 908. The maximum atomic E-state index is 12.8. The molecule has 0 N–H and O–H groups in total. The lowest BCUT2D eigenvalue weighted by Crippen LogP contribution is -2.21. The molecule has 0 aromatic heterocycles. The summed E-state index contributed by atoms with van der Waals surface area (Å²) in [6.45, 7) is 1.78. The lowest BCUT2D eigenvalue weighted by atomic mass is 10.1. The van der Waals surface area contributed by atoms with Gasteiger partial charge in [0.05, 0.1) is 29.1 Å². The molecule has 2 aromatic carbocycles. The molecule has 0 atom stereocenters. The molecule has 0 unspecified atom stereocenters. The summed E-state index contributed by atoms with van der Waals surface area (Å²) in [5.41, 5.74) is 2.37. The highest BCUT2D eigenvalue weighted by Gasteiger charge is 2.29. The molecule has 128 valence electrons. The zero-order valence-electron chi connectivity index (χ0n) is 13.4. The van der Waals surface area contributed by atoms with E-state index in [2.05, 4.69) is 21.0 Å². The quantitative estimate of drug-likeness (QED) is 0.586. The molecule has 0 spiro atoms. The number of hydrazone groups is 1. The molecule has 2 aromatic rings. The summed E-state index contributed by atoms with van der Waals surface area (Å²) < 4.78 is 6.26. The van der Waals surface area contributed by atoms with E-state index in [0.717, 1.165) is 4.47 Å². The van der Waals surface area contributed by atoms with Crippen molar-refractivity contribution < 1.29 is 9.53 Å². The third kappa shape index (κ3) is 3.59. The number of halogens is 3. The van der Waals surface area contributed by atoms with Crippen LogP contribution in [0.25, 0.3) is 6.08 Å². The minimum atomic E-state index is -0.224. The first kappa shape index (κ1) is 18.0. The van der Waals surface area contributed by atoms with E-state index in [0.29, 0.717) is 38.3 Å². The maximum absolute atomic E-state index is 12.8. The van der Waals surface area contributed by atoms with Gasteiger partial charge in [-0.1, -0.05) is 39.1 Å². The molecule has 3 rings (SSSR count). The van der Waals surface area contributed by atoms with Crippen molar-refractivity contribution in [3.8, 4) is 5.75 Å². The summed E-state index contributed by atoms with van der Waals surface area (Å²) in [5, 5.41) is 6.57. The van der Waals surface area contributed by atoms with Gasteiger partial charge in [0.15, 0.2) is 0 Å². The number of methoxy groups -OCH3 is 1. The molecule has 4 nitrogen and oxygen atoms in total. The number of rotatable bonds is 3. The monoisotopic (exact) mass is 438 g/mol. The van der Waals surface area contributed by atoms with Gasteiger partial charge in [0.2, 0.25) is 0 Å². The number of ether oxygens (including phenoxy) is 1. The second kappa shape index (κ2) is 7.20. The van der Waals surface area contributed by atoms with E-state index in [1.165, 1.54) is 12.1 Å². The van der Waals surface area contributed by atoms with Crippen LogP contribution in [0.5, 0.6) is 5.75 Å². The normalized spacial score (nSPS) is 15.7. The number of nitrogens with zero attached hydrogens (tertiary/aromatic N) is 2. The summed E-state index contributed by atoms with van der Waals surface area (Å²) in [6.07, 6.45) is 1.69. The first-order valence-corrected chi connectivity index (χ1v) is 8.86. The van der Waals surface area contributed by atoms with E-state index in [1.54, 1.807) is 25.1 Å². The molecular weight excluding hydrogens is 427 g/mol. The Morgan fingerprint density at radius 3 is 2.52 bits per heavy atom. The zero-order chi connectivity index (χ0) is 18.1. The highest BCUT2D eigenvalue weighted by molar-refractivity contribution is 9.10. The van der Waals surface area contributed by atoms with Crippen LogP contribution < -0.4 is 9.75 Å². The lowest BCUT2D eigenvalue weighted by molar-refractivity contribution is -0.114. The van der Waals surface area contributed by atoms with Crippen molar-refractivity contribution in [1.29, 1.82) is 0 Å². The van der Waals surface area contributed by atoms with Crippen LogP contribution in [0.4, 0.5) is 5.69 Å². The van der Waals surface area contributed by atoms with E-state index >= 15 is 0 Å². The summed E-state index contributed by atoms with van der Waals surface area (Å²) in [6, 6.07) is 10.6. The van der Waals surface area contributed by atoms with Crippen molar-refractivity contribution >= 4 is 62.5 Å². The van der Waals surface area contributed by atoms with E-state index in [-0.39, 0.29) is 5.91 Å². The largest absolute Gasteiger partial charge is 0.495 e. The molecule has 1 aliphatic rings. The van der Waals surface area contributed by atoms with Gasteiger partial charge in [-0.15, -0.1) is 0 Å². The number of carbonyl (C=O) groups is 1. The Balaban J connectivity index is 2.02. The molecule has 0 bridgehead atoms. The topological polar surface area (TPSA) is 41.9 Å². The Morgan fingerprint density at radius 2 is 1.88 bits per heavy atom. The smallest absolute Gasteiger partial charge is 0.280 e. The van der Waals surface area contributed by atoms with E-state index < -0.39 is 0 Å². The van der Waals surface area contributed by atoms with Crippen LogP contribution in [0.3, 0.4) is 0 Å². The summed E-state index contributed by atoms with van der Waals surface area (Å²) >= 11 is 15.6. The maximum Gasteiger partial charge on any atom is 0.280 e. The van der Waals surface area contributed by atoms with Crippen molar-refractivity contribution in [2.75, 3.05) is 12.1 Å². The molecule has 0 aliphatic carbocycles. The predicted octanol–water partition coefficient (Wildman–Crippen LogP) is 5.57. The van der Waals surface area contributed by atoms with Crippen LogP contribution in [0.15, 0.2) is 51.5 Å². The fourth-order valence-electron chi connectivity index (χ4n) is 2.50. The number of amides is 1. The van der Waals surface area contributed by atoms with Crippen molar-refractivity contribution in [2.45, 2.75) is 6.92 Å². The first-order chi connectivity index (χ1) is 11.9. The number of anilines is 1. The van der Waals surface area contributed by atoms with Crippen LogP contribution in [0.1, 0.15) is 12.5 Å². The molecule has 0 saturated heterocycles. The van der Waals surface area contributed by atoms with Crippen LogP contribution in [-0.4, -0.2) is 18.7 Å². The van der Waals surface area contributed by atoms with Crippen LogP contribution >= 0.6 is 39.1 Å². The summed E-state index contributed by atoms with van der Waals surface area (Å²) in [7, 11) is 1.52. The van der Waals surface area contributed by atoms with E-state index in [1.807, 2.05) is 24.3 Å². The Labute approximate surface area is 163 Å². The molecule has 25 heavy (non-hydrogen) atoms. The average molecular weight is 440 g/mol. The van der Waals surface area contributed by atoms with Crippen LogP contribution in [0, 0.1) is 0 Å². The van der Waals surface area contributed by atoms with Gasteiger partial charge in [-0.2, -0.15) is 10.1 Å². The van der Waals surface area contributed by atoms with Gasteiger partial charge in [-0.05, 0) is 49.4 Å². The van der Waals surface area contributed by atoms with Crippen LogP contribution in [0.2, 0.25) is 10.0 Å². The molecule has 1 amide bonds. The van der Waals surface area contributed by atoms with Crippen molar-refractivity contribution in [1.82, 2.24) is 0 Å². The van der Waals surface area contributed by atoms with Crippen molar-refractivity contribution in [3.63, 3.8) is 0 Å². The fraction of sp³-hybridized carbons (Fsp3) is 0.111. The predicted molar refractivity (Wildman–Crippen MR) is 106 cm³/mol. The lowest BCUT2D eigenvalue weighted by Gasteiger charge is -2.12. The average Bonchev–Trinajstić information content (AvgIpc) is 2.83.